The van der Waals surface area contributed by atoms with Gasteiger partial charge in [0.1, 0.15) is 5.52 Å². The highest BCUT2D eigenvalue weighted by atomic mass is 16.5. The second-order valence-electron chi connectivity index (χ2n) is 8.86. The van der Waals surface area contributed by atoms with Gasteiger partial charge in [-0.25, -0.2) is 4.57 Å². The van der Waals surface area contributed by atoms with Gasteiger partial charge in [0, 0.05) is 5.39 Å². The first kappa shape index (κ1) is 24.5. The molecular weight excluding hydrogens is 440 g/mol. The van der Waals surface area contributed by atoms with Gasteiger partial charge in [-0.05, 0) is 64.6 Å². The number of benzene rings is 3. The van der Waals surface area contributed by atoms with Crippen LogP contribution in [0.15, 0.2) is 60.7 Å². The number of rotatable bonds is 8. The summed E-state index contributed by atoms with van der Waals surface area (Å²) in [4.78, 5) is 2.09. The number of pyridine rings is 1. The Morgan fingerprint density at radius 2 is 1.40 bits per heavy atom. The molecule has 0 aliphatic carbocycles. The first-order chi connectivity index (χ1) is 16.9. The standard InChI is InChI=1S/C29H33N2O4/c1-30(2)29-25(13-21-12-22(17-32)23(18-33)14-26(21)31(29)3)24-16-28(35-5)27(34-4)15-20(24)11-19-9-7-6-8-10-19/h6-10,12-16,32-33H,11,17-18H2,1-5H3/q+1. The molecule has 0 unspecified atom stereocenters. The zero-order valence-corrected chi connectivity index (χ0v) is 21.0. The molecular formula is C29H33N2O4+. The van der Waals surface area contributed by atoms with Crippen LogP contribution in [-0.2, 0) is 26.7 Å². The quantitative estimate of drug-likeness (QED) is 0.379. The topological polar surface area (TPSA) is 66.0 Å². The Morgan fingerprint density at radius 1 is 0.771 bits per heavy atom. The minimum absolute atomic E-state index is 0.123. The number of aryl methyl sites for hydroxylation is 1. The molecule has 0 saturated carbocycles. The summed E-state index contributed by atoms with van der Waals surface area (Å²) in [5.74, 6) is 2.37. The van der Waals surface area contributed by atoms with E-state index in [2.05, 4.69) is 33.7 Å². The van der Waals surface area contributed by atoms with E-state index in [4.69, 9.17) is 9.47 Å². The molecule has 1 aromatic heterocycles. The van der Waals surface area contributed by atoms with Gasteiger partial charge in [-0.1, -0.05) is 30.3 Å². The van der Waals surface area contributed by atoms with E-state index in [1.54, 1.807) is 14.2 Å². The Labute approximate surface area is 206 Å². The van der Waals surface area contributed by atoms with Crippen molar-refractivity contribution in [3.8, 4) is 22.6 Å². The first-order valence-corrected chi connectivity index (χ1v) is 11.6. The number of ether oxygens (including phenoxy) is 2. The zero-order valence-electron chi connectivity index (χ0n) is 21.0. The van der Waals surface area contributed by atoms with Gasteiger partial charge in [0.25, 0.3) is 5.82 Å². The maximum absolute atomic E-state index is 9.89. The molecule has 0 spiro atoms. The Bertz CT molecular complexity index is 1350. The minimum Gasteiger partial charge on any atom is -0.493 e. The number of hydrogen-bond acceptors (Lipinski definition) is 5. The molecule has 3 aromatic carbocycles. The van der Waals surface area contributed by atoms with Crippen LogP contribution in [0.25, 0.3) is 22.0 Å². The second kappa shape index (κ2) is 10.3. The van der Waals surface area contributed by atoms with Gasteiger partial charge < -0.3 is 19.7 Å². The van der Waals surface area contributed by atoms with Crippen LogP contribution >= 0.6 is 0 Å². The van der Waals surface area contributed by atoms with E-state index in [0.29, 0.717) is 11.5 Å². The van der Waals surface area contributed by atoms with Crippen molar-refractivity contribution >= 4 is 16.7 Å². The number of hydrogen-bond donors (Lipinski definition) is 2. The van der Waals surface area contributed by atoms with Crippen molar-refractivity contribution in [1.29, 1.82) is 0 Å². The smallest absolute Gasteiger partial charge is 0.284 e. The Morgan fingerprint density at radius 3 is 2.00 bits per heavy atom. The lowest BCUT2D eigenvalue weighted by molar-refractivity contribution is -0.631. The summed E-state index contributed by atoms with van der Waals surface area (Å²) < 4.78 is 13.5. The normalized spacial score (nSPS) is 11.1. The van der Waals surface area contributed by atoms with Crippen LogP contribution in [0.1, 0.15) is 22.3 Å². The Balaban J connectivity index is 2.05. The van der Waals surface area contributed by atoms with E-state index in [1.165, 1.54) is 5.56 Å². The average Bonchev–Trinajstić information content (AvgIpc) is 2.87. The van der Waals surface area contributed by atoms with Crippen LogP contribution in [0, 0.1) is 0 Å². The summed E-state index contributed by atoms with van der Waals surface area (Å²) in [7, 11) is 9.38. The Hall–Kier alpha value is -3.61. The van der Waals surface area contributed by atoms with Gasteiger partial charge in [-0.2, -0.15) is 0 Å². The number of aromatic nitrogens is 1. The molecule has 4 rings (SSSR count). The molecule has 0 aliphatic heterocycles. The van der Waals surface area contributed by atoms with E-state index in [0.717, 1.165) is 51.0 Å². The van der Waals surface area contributed by atoms with Gasteiger partial charge >= 0.3 is 0 Å². The number of aliphatic hydroxyl groups excluding tert-OH is 2. The second-order valence-corrected chi connectivity index (χ2v) is 8.86. The maximum Gasteiger partial charge on any atom is 0.284 e. The average molecular weight is 474 g/mol. The fourth-order valence-electron chi connectivity index (χ4n) is 4.78. The summed E-state index contributed by atoms with van der Waals surface area (Å²) in [6.07, 6.45) is 0.733. The molecule has 6 heteroatoms. The van der Waals surface area contributed by atoms with E-state index < -0.39 is 0 Å². The van der Waals surface area contributed by atoms with Gasteiger partial charge in [0.05, 0.1) is 54.1 Å². The molecule has 0 radical (unpaired) electrons. The summed E-state index contributed by atoms with van der Waals surface area (Å²) >= 11 is 0. The highest BCUT2D eigenvalue weighted by Gasteiger charge is 2.25. The summed E-state index contributed by atoms with van der Waals surface area (Å²) in [5.41, 5.74) is 6.83. The lowest BCUT2D eigenvalue weighted by atomic mass is 9.92. The third-order valence-corrected chi connectivity index (χ3v) is 6.47. The van der Waals surface area contributed by atoms with Crippen molar-refractivity contribution in [2.75, 3.05) is 33.2 Å². The largest absolute Gasteiger partial charge is 0.493 e. The van der Waals surface area contributed by atoms with Gasteiger partial charge in [-0.15, -0.1) is 0 Å². The van der Waals surface area contributed by atoms with Crippen LogP contribution in [0.2, 0.25) is 0 Å². The molecule has 4 aromatic rings. The highest BCUT2D eigenvalue weighted by Crippen LogP contribution is 2.40. The van der Waals surface area contributed by atoms with E-state index >= 15 is 0 Å². The fraction of sp³-hybridized carbons (Fsp3) is 0.276. The van der Waals surface area contributed by atoms with Gasteiger partial charge in [0.15, 0.2) is 11.5 Å². The zero-order chi connectivity index (χ0) is 25.1. The fourth-order valence-corrected chi connectivity index (χ4v) is 4.78. The van der Waals surface area contributed by atoms with Crippen molar-refractivity contribution in [2.45, 2.75) is 19.6 Å². The third-order valence-electron chi connectivity index (χ3n) is 6.47. The van der Waals surface area contributed by atoms with Crippen molar-refractivity contribution < 1.29 is 24.3 Å². The molecule has 35 heavy (non-hydrogen) atoms. The molecule has 0 amide bonds. The van der Waals surface area contributed by atoms with Crippen molar-refractivity contribution in [3.63, 3.8) is 0 Å². The molecule has 182 valence electrons. The van der Waals surface area contributed by atoms with Crippen LogP contribution in [-0.4, -0.2) is 38.5 Å². The summed E-state index contributed by atoms with van der Waals surface area (Å²) in [6.45, 7) is -0.252. The van der Waals surface area contributed by atoms with Crippen molar-refractivity contribution in [3.05, 3.63) is 82.9 Å². The molecule has 0 bridgehead atoms. The summed E-state index contributed by atoms with van der Waals surface area (Å²) in [5, 5.41) is 20.7. The SMILES string of the molecule is COc1cc(Cc2ccccc2)c(-c2cc3cc(CO)c(CO)cc3[n+](C)c2N(C)C)cc1OC. The van der Waals surface area contributed by atoms with E-state index in [9.17, 15) is 10.2 Å². The number of fused-ring (bicyclic) bond motifs is 1. The highest BCUT2D eigenvalue weighted by molar-refractivity contribution is 5.89. The lowest BCUT2D eigenvalue weighted by Gasteiger charge is -2.20. The Kier molecular flexibility index (Phi) is 7.24. The predicted molar refractivity (Wildman–Crippen MR) is 139 cm³/mol. The van der Waals surface area contributed by atoms with Crippen LogP contribution in [0.3, 0.4) is 0 Å². The van der Waals surface area contributed by atoms with Gasteiger partial charge in [0.2, 0.25) is 0 Å². The molecule has 0 aliphatic rings. The number of methoxy groups -OCH3 is 2. The first-order valence-electron chi connectivity index (χ1n) is 11.6. The van der Waals surface area contributed by atoms with E-state index in [1.807, 2.05) is 57.5 Å². The molecule has 0 fully saturated rings. The molecule has 0 atom stereocenters. The van der Waals surface area contributed by atoms with Crippen LogP contribution < -0.4 is 18.9 Å². The summed E-state index contributed by atoms with van der Waals surface area (Å²) in [6, 6.07) is 20.5. The third kappa shape index (κ3) is 4.67. The van der Waals surface area contributed by atoms with Crippen molar-refractivity contribution in [2.24, 2.45) is 7.05 Å². The minimum atomic E-state index is -0.129. The number of nitrogens with zero attached hydrogens (tertiary/aromatic N) is 2. The molecule has 1 heterocycles. The number of anilines is 1. The van der Waals surface area contributed by atoms with Gasteiger partial charge in [-0.3, -0.25) is 4.90 Å². The molecule has 0 saturated heterocycles. The molecule has 6 nitrogen and oxygen atoms in total. The maximum atomic E-state index is 9.89. The monoisotopic (exact) mass is 473 g/mol. The van der Waals surface area contributed by atoms with Crippen LogP contribution in [0.4, 0.5) is 5.82 Å². The predicted octanol–water partition coefficient (Wildman–Crippen LogP) is 3.99. The van der Waals surface area contributed by atoms with Crippen molar-refractivity contribution in [1.82, 2.24) is 0 Å². The lowest BCUT2D eigenvalue weighted by Crippen LogP contribution is -2.37. The number of aliphatic hydroxyl groups is 2. The van der Waals surface area contributed by atoms with Crippen LogP contribution in [0.5, 0.6) is 11.5 Å². The molecule has 2 N–H and O–H groups in total. The van der Waals surface area contributed by atoms with E-state index in [-0.39, 0.29) is 13.2 Å².